The lowest BCUT2D eigenvalue weighted by Crippen LogP contribution is -2.29. The summed E-state index contributed by atoms with van der Waals surface area (Å²) in [6.07, 6.45) is 2.55. The molecule has 146 valence electrons. The molecule has 0 saturated carbocycles. The van der Waals surface area contributed by atoms with Gasteiger partial charge < -0.3 is 9.73 Å². The first kappa shape index (κ1) is 17.9. The molecule has 5 rings (SSSR count). The fraction of sp³-hybridized carbons (Fsp3) is 0.0909. The molecule has 2 aromatic carbocycles. The van der Waals surface area contributed by atoms with E-state index in [-0.39, 0.29) is 24.1 Å². The predicted molar refractivity (Wildman–Crippen MR) is 110 cm³/mol. The summed E-state index contributed by atoms with van der Waals surface area (Å²) in [6.45, 7) is 0. The normalized spacial score (nSPS) is 15.8. The van der Waals surface area contributed by atoms with Crippen molar-refractivity contribution in [3.05, 3.63) is 89.7 Å². The summed E-state index contributed by atoms with van der Waals surface area (Å²) in [5.74, 6) is 0.380. The van der Waals surface area contributed by atoms with Crippen molar-refractivity contribution in [2.24, 2.45) is 4.99 Å². The number of ketones is 1. The van der Waals surface area contributed by atoms with Crippen LogP contribution in [0, 0.1) is 0 Å². The van der Waals surface area contributed by atoms with Gasteiger partial charge in [0.15, 0.2) is 11.9 Å². The summed E-state index contributed by atoms with van der Waals surface area (Å²) in [6, 6.07) is 19.4. The van der Waals surface area contributed by atoms with E-state index in [0.717, 1.165) is 22.4 Å². The van der Waals surface area contributed by atoms with Gasteiger partial charge in [0.05, 0.1) is 5.71 Å². The molecular formula is C22H16N6O2. The Labute approximate surface area is 171 Å². The number of benzene rings is 2. The van der Waals surface area contributed by atoms with Crippen LogP contribution in [-0.4, -0.2) is 37.8 Å². The van der Waals surface area contributed by atoms with Crippen LogP contribution in [0.15, 0.2) is 82.5 Å². The lowest BCUT2D eigenvalue weighted by molar-refractivity contribution is -0.119. The Morgan fingerprint density at radius 2 is 1.67 bits per heavy atom. The summed E-state index contributed by atoms with van der Waals surface area (Å²) in [5, 5.41) is 10.9. The highest BCUT2D eigenvalue weighted by molar-refractivity contribution is 6.16. The number of nitrogens with zero attached hydrogens (tertiary/aromatic N) is 5. The Morgan fingerprint density at radius 1 is 0.900 bits per heavy atom. The number of carbonyl (C=O) groups is 1. The zero-order chi connectivity index (χ0) is 20.3. The maximum atomic E-state index is 13.0. The van der Waals surface area contributed by atoms with Gasteiger partial charge in [0.2, 0.25) is 5.82 Å². The van der Waals surface area contributed by atoms with Crippen molar-refractivity contribution < 1.29 is 9.21 Å². The molecular weight excluding hydrogens is 380 g/mol. The summed E-state index contributed by atoms with van der Waals surface area (Å²) in [7, 11) is 0. The Hall–Kier alpha value is -4.20. The average Bonchev–Trinajstić information content (AvgIpc) is 3.21. The number of aromatic nitrogens is 4. The number of hydrogen-bond donors (Lipinski definition) is 1. The van der Waals surface area contributed by atoms with Crippen LogP contribution >= 0.6 is 0 Å². The maximum absolute atomic E-state index is 13.0. The molecule has 8 heteroatoms. The van der Waals surface area contributed by atoms with E-state index in [1.54, 1.807) is 18.5 Å². The second-order valence-corrected chi connectivity index (χ2v) is 6.68. The van der Waals surface area contributed by atoms with Crippen LogP contribution < -0.4 is 5.32 Å². The third kappa shape index (κ3) is 3.46. The van der Waals surface area contributed by atoms with Gasteiger partial charge in [0.25, 0.3) is 5.89 Å². The maximum Gasteiger partial charge on any atom is 0.317 e. The van der Waals surface area contributed by atoms with E-state index in [4.69, 9.17) is 9.41 Å². The van der Waals surface area contributed by atoms with Crippen LogP contribution in [0.3, 0.4) is 0 Å². The van der Waals surface area contributed by atoms with Crippen molar-refractivity contribution >= 4 is 17.5 Å². The van der Waals surface area contributed by atoms with Crippen molar-refractivity contribution in [2.75, 3.05) is 5.32 Å². The molecule has 30 heavy (non-hydrogen) atoms. The number of nitrogens with one attached hydrogen (secondary N) is 1. The Kier molecular flexibility index (Phi) is 4.57. The highest BCUT2D eigenvalue weighted by Gasteiger charge is 2.27. The standard InChI is InChI=1S/C22H16N6O2/c29-17-13-15-9-4-5-10-16(15)18(14-7-2-1-3-8-14)25-19(17)26-22-28-27-21(30-22)20-23-11-6-12-24-20/h1-12,19H,13H2,(H,26,28). The zero-order valence-corrected chi connectivity index (χ0v) is 15.8. The first-order valence-electron chi connectivity index (χ1n) is 9.39. The molecule has 4 aromatic rings. The topological polar surface area (TPSA) is 106 Å². The van der Waals surface area contributed by atoms with Crippen molar-refractivity contribution in [3.63, 3.8) is 0 Å². The highest BCUT2D eigenvalue weighted by Crippen LogP contribution is 2.23. The van der Waals surface area contributed by atoms with Crippen LogP contribution in [0.5, 0.6) is 0 Å². The van der Waals surface area contributed by atoms with Gasteiger partial charge in [-0.05, 0) is 11.6 Å². The summed E-state index contributed by atoms with van der Waals surface area (Å²) in [5.41, 5.74) is 3.53. The number of fused-ring (bicyclic) bond motifs is 1. The lowest BCUT2D eigenvalue weighted by atomic mass is 9.96. The quantitative estimate of drug-likeness (QED) is 0.565. The van der Waals surface area contributed by atoms with E-state index >= 15 is 0 Å². The molecule has 0 fully saturated rings. The number of anilines is 1. The molecule has 0 spiro atoms. The van der Waals surface area contributed by atoms with Crippen molar-refractivity contribution in [3.8, 4) is 11.7 Å². The molecule has 1 aliphatic rings. The molecule has 0 radical (unpaired) electrons. The molecule has 8 nitrogen and oxygen atoms in total. The molecule has 0 amide bonds. The Balaban J connectivity index is 1.51. The van der Waals surface area contributed by atoms with E-state index in [1.165, 1.54) is 0 Å². The van der Waals surface area contributed by atoms with Gasteiger partial charge in [-0.25, -0.2) is 9.97 Å². The zero-order valence-electron chi connectivity index (χ0n) is 15.8. The summed E-state index contributed by atoms with van der Waals surface area (Å²) < 4.78 is 5.60. The van der Waals surface area contributed by atoms with E-state index in [1.807, 2.05) is 54.6 Å². The molecule has 2 aromatic heterocycles. The van der Waals surface area contributed by atoms with Gasteiger partial charge in [0.1, 0.15) is 0 Å². The van der Waals surface area contributed by atoms with Gasteiger partial charge in [-0.15, -0.1) is 5.10 Å². The van der Waals surface area contributed by atoms with E-state index in [2.05, 4.69) is 25.5 Å². The fourth-order valence-corrected chi connectivity index (χ4v) is 3.30. The number of carbonyl (C=O) groups excluding carboxylic acids is 1. The third-order valence-corrected chi connectivity index (χ3v) is 4.69. The second kappa shape index (κ2) is 7.67. The van der Waals surface area contributed by atoms with Crippen LogP contribution in [0.4, 0.5) is 6.01 Å². The van der Waals surface area contributed by atoms with Crippen molar-refractivity contribution in [1.29, 1.82) is 0 Å². The number of rotatable bonds is 4. The molecule has 1 N–H and O–H groups in total. The summed E-state index contributed by atoms with van der Waals surface area (Å²) >= 11 is 0. The number of Topliss-reactive ketones (excluding diaryl/α,β-unsaturated/α-hetero) is 1. The van der Waals surface area contributed by atoms with Crippen LogP contribution in [0.2, 0.25) is 0 Å². The minimum Gasteiger partial charge on any atom is -0.400 e. The molecule has 0 saturated heterocycles. The van der Waals surface area contributed by atoms with Crippen LogP contribution in [0.25, 0.3) is 11.7 Å². The minimum atomic E-state index is -0.863. The average molecular weight is 396 g/mol. The summed E-state index contributed by atoms with van der Waals surface area (Å²) in [4.78, 5) is 25.9. The van der Waals surface area contributed by atoms with Gasteiger partial charge in [-0.3, -0.25) is 9.79 Å². The monoisotopic (exact) mass is 396 g/mol. The molecule has 3 heterocycles. The van der Waals surface area contributed by atoms with Gasteiger partial charge >= 0.3 is 6.01 Å². The number of hydrogen-bond acceptors (Lipinski definition) is 8. The Bertz CT molecular complexity index is 1220. The van der Waals surface area contributed by atoms with E-state index in [9.17, 15) is 4.79 Å². The van der Waals surface area contributed by atoms with Crippen molar-refractivity contribution in [2.45, 2.75) is 12.6 Å². The smallest absolute Gasteiger partial charge is 0.317 e. The minimum absolute atomic E-state index is 0.0814. The molecule has 0 aliphatic carbocycles. The third-order valence-electron chi connectivity index (χ3n) is 4.69. The number of aliphatic imine (C=N–C) groups is 1. The van der Waals surface area contributed by atoms with Gasteiger partial charge in [-0.2, -0.15) is 0 Å². The molecule has 1 aliphatic heterocycles. The SMILES string of the molecule is O=C1Cc2ccccc2C(c2ccccc2)=NC1Nc1nnc(-c2ncccn2)o1. The first-order valence-corrected chi connectivity index (χ1v) is 9.39. The fourth-order valence-electron chi connectivity index (χ4n) is 3.30. The molecule has 1 unspecified atom stereocenters. The van der Waals surface area contributed by atoms with E-state index in [0.29, 0.717) is 5.82 Å². The largest absolute Gasteiger partial charge is 0.400 e. The van der Waals surface area contributed by atoms with Crippen molar-refractivity contribution in [1.82, 2.24) is 20.2 Å². The van der Waals surface area contributed by atoms with Gasteiger partial charge in [0, 0.05) is 29.9 Å². The first-order chi connectivity index (χ1) is 14.8. The van der Waals surface area contributed by atoms with E-state index < -0.39 is 6.17 Å². The lowest BCUT2D eigenvalue weighted by Gasteiger charge is -2.11. The van der Waals surface area contributed by atoms with Crippen LogP contribution in [-0.2, 0) is 11.2 Å². The second-order valence-electron chi connectivity index (χ2n) is 6.68. The molecule has 1 atom stereocenters. The Morgan fingerprint density at radius 3 is 2.50 bits per heavy atom. The highest BCUT2D eigenvalue weighted by atomic mass is 16.4. The predicted octanol–water partition coefficient (Wildman–Crippen LogP) is 2.93. The van der Waals surface area contributed by atoms with Gasteiger partial charge in [-0.1, -0.05) is 59.7 Å². The van der Waals surface area contributed by atoms with Crippen LogP contribution in [0.1, 0.15) is 16.7 Å². The molecule has 0 bridgehead atoms.